The second-order valence-electron chi connectivity index (χ2n) is 43.7. The first kappa shape index (κ1) is 87.3. The Balaban J connectivity index is 0.670. The molecule has 16 aromatic carbocycles. The van der Waals surface area contributed by atoms with Gasteiger partial charge in [0.2, 0.25) is 0 Å². The summed E-state index contributed by atoms with van der Waals surface area (Å²) in [6, 6.07) is 133. The second kappa shape index (κ2) is 32.8. The number of fused-ring (bicyclic) bond motifs is 9. The van der Waals surface area contributed by atoms with E-state index in [-0.39, 0.29) is 43.7 Å². The van der Waals surface area contributed by atoms with Gasteiger partial charge in [-0.3, -0.25) is 4.79 Å². The molecule has 7 nitrogen and oxygen atoms in total. The van der Waals surface area contributed by atoms with Crippen LogP contribution < -0.4 is 19.6 Å². The van der Waals surface area contributed by atoms with Gasteiger partial charge in [0.1, 0.15) is 0 Å². The lowest BCUT2D eigenvalue weighted by atomic mass is 9.86. The number of hydrogen-bond donors (Lipinski definition) is 0. The largest absolute Gasteiger partial charge is 0.310 e. The molecule has 19 rings (SSSR count). The molecule has 1 aliphatic rings. The summed E-state index contributed by atoms with van der Waals surface area (Å²) in [6.45, 7) is 47.8. The zero-order chi connectivity index (χ0) is 92.6. The molecule has 18 aromatic rings. The maximum absolute atomic E-state index is 15.2. The fourth-order valence-corrected chi connectivity index (χ4v) is 19.3. The van der Waals surface area contributed by atoms with Crippen molar-refractivity contribution in [1.82, 2.24) is 9.13 Å². The van der Waals surface area contributed by atoms with E-state index >= 15 is 4.79 Å². The number of nitrogens with zero attached hydrogens (tertiary/aromatic N) is 6. The predicted octanol–water partition coefficient (Wildman–Crippen LogP) is 35.4. The van der Waals surface area contributed by atoms with Crippen molar-refractivity contribution in [2.45, 2.75) is 183 Å². The number of rotatable bonds is 16. The van der Waals surface area contributed by atoms with E-state index < -0.39 is 0 Å². The average Bonchev–Trinajstić information content (AvgIpc) is 1.59. The topological polar surface area (TPSA) is 39.9 Å². The van der Waals surface area contributed by atoms with Crippen molar-refractivity contribution >= 4 is 118 Å². The van der Waals surface area contributed by atoms with Crippen LogP contribution in [0.3, 0.4) is 0 Å². The van der Waals surface area contributed by atoms with Crippen LogP contribution in [0, 0.1) is 0 Å². The molecule has 658 valence electrons. The van der Waals surface area contributed by atoms with Gasteiger partial charge in [-0.05, 0) is 316 Å². The van der Waals surface area contributed by atoms with Crippen molar-refractivity contribution in [2.24, 2.45) is 0 Å². The average molecular weight is 1720 g/mol. The van der Waals surface area contributed by atoms with Crippen molar-refractivity contribution < 1.29 is 4.79 Å². The minimum absolute atomic E-state index is 0.00296. The molecule has 0 saturated carbocycles. The Hall–Kier alpha value is -14.0. The van der Waals surface area contributed by atoms with Gasteiger partial charge in [-0.15, -0.1) is 0 Å². The highest BCUT2D eigenvalue weighted by Gasteiger charge is 2.32. The molecule has 0 N–H and O–H groups in total. The van der Waals surface area contributed by atoms with Crippen molar-refractivity contribution in [1.29, 1.82) is 0 Å². The standard InChI is InChI=1S/C125H122N6O/c1-119(2,3)85-33-51-93(52-34-85)126(92-25-23-22-24-26-92)102-65-71-114-108(77-102)109-78-103(127(94-53-35-86(36-54-94)120(4,5)6)95-55-37-87(38-56-95)121(7,8)9)66-72-115(109)130(114)100-47-27-81(28-48-100)83-31-69-106-107-70-32-84(76-113(107)118(132)112(106)75-83)82-29-49-101(50-30-82)131-116-73-67-104(128(96-57-39-88(40-58-96)122(10,11)12)97-59-41-89(42-60-97)123(13,14)15)79-110(116)111-80-105(68-74-117(111)131)129(98-61-43-90(44-62-98)124(16,17)18)99-63-45-91(46-64-99)125(19,20)21/h22-80H,1-21H3. The van der Waals surface area contributed by atoms with E-state index in [9.17, 15) is 0 Å². The van der Waals surface area contributed by atoms with Crippen LogP contribution >= 0.6 is 0 Å². The van der Waals surface area contributed by atoms with E-state index in [1.54, 1.807) is 0 Å². The molecule has 0 unspecified atom stereocenters. The zero-order valence-electron chi connectivity index (χ0n) is 80.7. The quantitative estimate of drug-likeness (QED) is 0.0964. The first-order valence-electron chi connectivity index (χ1n) is 47.0. The van der Waals surface area contributed by atoms with E-state index in [1.807, 2.05) is 0 Å². The molecule has 2 heterocycles. The number of aromatic nitrogens is 2. The monoisotopic (exact) mass is 1720 g/mol. The summed E-state index contributed by atoms with van der Waals surface area (Å²) in [5, 5.41) is 4.53. The van der Waals surface area contributed by atoms with Crippen molar-refractivity contribution in [2.75, 3.05) is 19.6 Å². The molecule has 0 spiro atoms. The van der Waals surface area contributed by atoms with Crippen LogP contribution in [-0.4, -0.2) is 14.9 Å². The Morgan fingerprint density at radius 3 is 0.568 bits per heavy atom. The highest BCUT2D eigenvalue weighted by Crippen LogP contribution is 2.50. The van der Waals surface area contributed by atoms with Gasteiger partial charge in [0, 0.05) is 112 Å². The molecule has 0 amide bonds. The van der Waals surface area contributed by atoms with Gasteiger partial charge in [-0.25, -0.2) is 0 Å². The third-order valence-corrected chi connectivity index (χ3v) is 27.2. The van der Waals surface area contributed by atoms with Crippen LogP contribution in [0.15, 0.2) is 358 Å². The number of benzene rings is 16. The predicted molar refractivity (Wildman–Crippen MR) is 564 cm³/mol. The highest BCUT2D eigenvalue weighted by molar-refractivity contribution is 6.23. The normalized spacial score (nSPS) is 12.8. The Labute approximate surface area is 782 Å². The third kappa shape index (κ3) is 16.6. The van der Waals surface area contributed by atoms with Gasteiger partial charge in [-0.1, -0.05) is 297 Å². The number of hydrogen-bond acceptors (Lipinski definition) is 5. The summed E-state index contributed by atoms with van der Waals surface area (Å²) in [4.78, 5) is 24.8. The van der Waals surface area contributed by atoms with Crippen LogP contribution in [0.5, 0.6) is 0 Å². The zero-order valence-corrected chi connectivity index (χ0v) is 80.7. The molecule has 7 heteroatoms. The van der Waals surface area contributed by atoms with Gasteiger partial charge in [-0.2, -0.15) is 0 Å². The number of carbonyl (C=O) groups is 1. The Bertz CT molecular complexity index is 7040. The van der Waals surface area contributed by atoms with Gasteiger partial charge in [0.25, 0.3) is 0 Å². The lowest BCUT2D eigenvalue weighted by molar-refractivity contribution is 0.104. The minimum atomic E-state index is -0.00803. The second-order valence-corrected chi connectivity index (χ2v) is 43.7. The molecule has 1 aliphatic carbocycles. The third-order valence-electron chi connectivity index (χ3n) is 27.2. The van der Waals surface area contributed by atoms with Crippen LogP contribution in [-0.2, 0) is 37.9 Å². The molecule has 132 heavy (non-hydrogen) atoms. The molecule has 0 radical (unpaired) electrons. The Kier molecular flexibility index (Phi) is 21.7. The molecule has 0 atom stereocenters. The molecular formula is C125H122N6O. The van der Waals surface area contributed by atoms with Crippen molar-refractivity contribution in [3.05, 3.63) is 408 Å². The van der Waals surface area contributed by atoms with Gasteiger partial charge in [0.15, 0.2) is 5.78 Å². The Morgan fingerprint density at radius 1 is 0.174 bits per heavy atom. The summed E-state index contributed by atoms with van der Waals surface area (Å²) in [6.07, 6.45) is 0. The molecule has 0 bridgehead atoms. The Morgan fingerprint density at radius 2 is 0.364 bits per heavy atom. The van der Waals surface area contributed by atoms with Crippen LogP contribution in [0.4, 0.5) is 68.2 Å². The fraction of sp³-hybridized carbons (Fsp3) is 0.224. The maximum atomic E-state index is 15.2. The van der Waals surface area contributed by atoms with E-state index in [0.29, 0.717) is 11.1 Å². The number of anilines is 12. The minimum Gasteiger partial charge on any atom is -0.310 e. The number of carbonyl (C=O) groups excluding carboxylic acids is 1. The lowest BCUT2D eigenvalue weighted by Gasteiger charge is -2.28. The SMILES string of the molecule is CC(C)(C)c1ccc(N(c2ccccc2)c2ccc3c(c2)c2cc(N(c4ccc(C(C)(C)C)cc4)c4ccc(C(C)(C)C)cc4)ccc2n3-c2ccc(-c3ccc4c(c3)C(=O)c3cc(-c5ccc(-n6c7ccc(N(c8ccc(C(C)(C)C)cc8)c8ccc(C(C)(C)C)cc8)cc7c7cc(N(c8ccc(C(C)(C)C)cc8)c8ccc(C(C)(C)C)cc8)ccc76)cc5)ccc3-4)cc2)cc1. The van der Waals surface area contributed by atoms with E-state index in [4.69, 9.17) is 0 Å². The van der Waals surface area contributed by atoms with Gasteiger partial charge >= 0.3 is 0 Å². The molecular weight excluding hydrogens is 1600 g/mol. The van der Waals surface area contributed by atoms with Crippen LogP contribution in [0.2, 0.25) is 0 Å². The molecule has 0 saturated heterocycles. The first-order chi connectivity index (χ1) is 62.7. The fourth-order valence-electron chi connectivity index (χ4n) is 19.3. The maximum Gasteiger partial charge on any atom is 0.194 e. The molecule has 2 aromatic heterocycles. The lowest BCUT2D eigenvalue weighted by Crippen LogP contribution is -2.14. The summed E-state index contributed by atoms with van der Waals surface area (Å²) in [5.41, 5.74) is 35.7. The van der Waals surface area contributed by atoms with Crippen molar-refractivity contribution in [3.63, 3.8) is 0 Å². The summed E-state index contributed by atoms with van der Waals surface area (Å²) >= 11 is 0. The molecule has 0 aliphatic heterocycles. The van der Waals surface area contributed by atoms with Crippen molar-refractivity contribution in [3.8, 4) is 44.8 Å². The summed E-state index contributed by atoms with van der Waals surface area (Å²) in [7, 11) is 0. The summed E-state index contributed by atoms with van der Waals surface area (Å²) < 4.78 is 4.85. The van der Waals surface area contributed by atoms with Gasteiger partial charge in [0.05, 0.1) is 22.1 Å². The van der Waals surface area contributed by atoms with E-state index in [0.717, 1.165) is 157 Å². The van der Waals surface area contributed by atoms with E-state index in [1.165, 1.54) is 38.9 Å². The number of ketones is 1. The number of para-hydroxylation sites is 1. The smallest absolute Gasteiger partial charge is 0.194 e. The molecule has 0 fully saturated rings. The summed E-state index contributed by atoms with van der Waals surface area (Å²) in [5.74, 6) is 0.0324. The first-order valence-corrected chi connectivity index (χ1v) is 47.0. The van der Waals surface area contributed by atoms with Crippen LogP contribution in [0.1, 0.15) is 200 Å². The van der Waals surface area contributed by atoms with E-state index in [2.05, 4.69) is 532 Å². The highest BCUT2D eigenvalue weighted by atomic mass is 16.1. The van der Waals surface area contributed by atoms with Crippen LogP contribution in [0.25, 0.3) is 88.4 Å². The van der Waals surface area contributed by atoms with Gasteiger partial charge < -0.3 is 28.7 Å².